The van der Waals surface area contributed by atoms with E-state index in [1.807, 2.05) is 0 Å². The maximum absolute atomic E-state index is 12.3. The van der Waals surface area contributed by atoms with E-state index in [0.717, 1.165) is 0 Å². The number of nitrogens with one attached hydrogen (secondary N) is 3. The second kappa shape index (κ2) is 13.7. The van der Waals surface area contributed by atoms with Crippen LogP contribution in [0, 0.1) is 0 Å². The summed E-state index contributed by atoms with van der Waals surface area (Å²) in [6.45, 7) is -0.177. The van der Waals surface area contributed by atoms with Crippen molar-refractivity contribution in [2.75, 3.05) is 18.8 Å². The zero-order valence-electron chi connectivity index (χ0n) is 15.2. The van der Waals surface area contributed by atoms with Gasteiger partial charge < -0.3 is 37.6 Å². The van der Waals surface area contributed by atoms with E-state index >= 15 is 0 Å². The van der Waals surface area contributed by atoms with Gasteiger partial charge in [-0.1, -0.05) is 0 Å². The number of amides is 3. The van der Waals surface area contributed by atoms with Gasteiger partial charge in [0.2, 0.25) is 17.7 Å². The summed E-state index contributed by atoms with van der Waals surface area (Å²) in [4.78, 5) is 57.9. The van der Waals surface area contributed by atoms with Gasteiger partial charge in [0, 0.05) is 5.75 Å². The van der Waals surface area contributed by atoms with E-state index in [9.17, 15) is 29.1 Å². The lowest BCUT2D eigenvalue weighted by Gasteiger charge is -2.20. The van der Waals surface area contributed by atoms with E-state index in [1.165, 1.54) is 0 Å². The van der Waals surface area contributed by atoms with Crippen molar-refractivity contribution in [3.05, 3.63) is 0 Å². The highest BCUT2D eigenvalue weighted by molar-refractivity contribution is 7.80. The third kappa shape index (κ3) is 10.7. The Morgan fingerprint density at radius 1 is 0.964 bits per heavy atom. The van der Waals surface area contributed by atoms with Crippen molar-refractivity contribution in [3.8, 4) is 0 Å². The quantitative estimate of drug-likeness (QED) is 0.106. The summed E-state index contributed by atoms with van der Waals surface area (Å²) in [5, 5.41) is 24.7. The van der Waals surface area contributed by atoms with E-state index in [-0.39, 0.29) is 12.2 Å². The standard InChI is InChI=1S/C15H27N5O7S/c16-4-2-1-3-9(15(26)27)20-14(25)10(5-12(22)23)19-11(21)6-18-13(24)8(17)7-28/h8-10,28H,1-7,16-17H2,(H,18,24)(H,19,21)(H,20,25)(H,22,23)(H,26,27). The van der Waals surface area contributed by atoms with Crippen LogP contribution < -0.4 is 27.4 Å². The van der Waals surface area contributed by atoms with Gasteiger partial charge in [0.05, 0.1) is 19.0 Å². The van der Waals surface area contributed by atoms with Gasteiger partial charge in [-0.05, 0) is 25.8 Å². The lowest BCUT2D eigenvalue weighted by molar-refractivity contribution is -0.143. The van der Waals surface area contributed by atoms with Crippen molar-refractivity contribution in [1.82, 2.24) is 16.0 Å². The maximum Gasteiger partial charge on any atom is 0.326 e. The van der Waals surface area contributed by atoms with Crippen LogP contribution in [0.1, 0.15) is 25.7 Å². The predicted molar refractivity (Wildman–Crippen MR) is 101 cm³/mol. The van der Waals surface area contributed by atoms with Crippen LogP contribution in [0.3, 0.4) is 0 Å². The molecule has 0 aliphatic heterocycles. The summed E-state index contributed by atoms with van der Waals surface area (Å²) >= 11 is 3.84. The molecule has 3 atom stereocenters. The van der Waals surface area contributed by atoms with Gasteiger partial charge in [-0.25, -0.2) is 4.79 Å². The first kappa shape index (κ1) is 25.6. The number of thiol groups is 1. The molecule has 3 amide bonds. The van der Waals surface area contributed by atoms with E-state index in [4.69, 9.17) is 16.6 Å². The molecule has 0 aromatic rings. The first-order chi connectivity index (χ1) is 13.1. The Hall–Kier alpha value is -2.38. The summed E-state index contributed by atoms with van der Waals surface area (Å²) in [7, 11) is 0. The van der Waals surface area contributed by atoms with Crippen molar-refractivity contribution >= 4 is 42.3 Å². The number of hydrogen-bond acceptors (Lipinski definition) is 8. The van der Waals surface area contributed by atoms with Crippen LogP contribution >= 0.6 is 12.6 Å². The number of nitrogens with two attached hydrogens (primary N) is 2. The average Bonchev–Trinajstić information content (AvgIpc) is 2.63. The third-order valence-electron chi connectivity index (χ3n) is 3.55. The Balaban J connectivity index is 4.87. The zero-order valence-corrected chi connectivity index (χ0v) is 16.1. The highest BCUT2D eigenvalue weighted by Crippen LogP contribution is 2.03. The molecule has 0 aromatic heterocycles. The van der Waals surface area contributed by atoms with Crippen molar-refractivity contribution in [2.24, 2.45) is 11.5 Å². The number of unbranched alkanes of at least 4 members (excludes halogenated alkanes) is 1. The van der Waals surface area contributed by atoms with Crippen molar-refractivity contribution < 1.29 is 34.2 Å². The lowest BCUT2D eigenvalue weighted by Crippen LogP contribution is -2.54. The van der Waals surface area contributed by atoms with Crippen molar-refractivity contribution in [3.63, 3.8) is 0 Å². The zero-order chi connectivity index (χ0) is 21.7. The lowest BCUT2D eigenvalue weighted by atomic mass is 10.1. The second-order valence-corrected chi connectivity index (χ2v) is 6.27. The molecule has 0 aliphatic rings. The smallest absolute Gasteiger partial charge is 0.326 e. The monoisotopic (exact) mass is 421 g/mol. The third-order valence-corrected chi connectivity index (χ3v) is 3.94. The number of carbonyl (C=O) groups is 5. The van der Waals surface area contributed by atoms with Crippen LogP contribution in [0.15, 0.2) is 0 Å². The molecular formula is C15H27N5O7S. The molecule has 13 heteroatoms. The summed E-state index contributed by atoms with van der Waals surface area (Å²) in [5.41, 5.74) is 10.8. The molecule has 0 heterocycles. The SMILES string of the molecule is NCCCCC(NC(=O)C(CC(=O)O)NC(=O)CNC(=O)C(N)CS)C(=O)O. The fraction of sp³-hybridized carbons (Fsp3) is 0.667. The molecule has 0 fully saturated rings. The number of hydrogen-bond donors (Lipinski definition) is 8. The molecule has 0 rings (SSSR count). The Morgan fingerprint density at radius 2 is 1.61 bits per heavy atom. The molecule has 0 saturated carbocycles. The summed E-state index contributed by atoms with van der Waals surface area (Å²) in [6, 6.07) is -3.70. The largest absolute Gasteiger partial charge is 0.481 e. The van der Waals surface area contributed by atoms with Gasteiger partial charge in [-0.2, -0.15) is 12.6 Å². The van der Waals surface area contributed by atoms with Gasteiger partial charge in [0.15, 0.2) is 0 Å². The molecule has 28 heavy (non-hydrogen) atoms. The predicted octanol–water partition coefficient (Wildman–Crippen LogP) is -2.98. The number of carboxylic acids is 2. The minimum atomic E-state index is -1.52. The number of carbonyl (C=O) groups excluding carboxylic acids is 3. The fourth-order valence-electron chi connectivity index (χ4n) is 2.03. The normalized spacial score (nSPS) is 13.7. The van der Waals surface area contributed by atoms with Crippen LogP contribution in [0.4, 0.5) is 0 Å². The van der Waals surface area contributed by atoms with Crippen LogP contribution in [0.5, 0.6) is 0 Å². The van der Waals surface area contributed by atoms with Gasteiger partial charge in [0.1, 0.15) is 12.1 Å². The second-order valence-electron chi connectivity index (χ2n) is 5.91. The highest BCUT2D eigenvalue weighted by atomic mass is 32.1. The molecule has 0 bridgehead atoms. The molecule has 12 nitrogen and oxygen atoms in total. The van der Waals surface area contributed by atoms with E-state index < -0.39 is 60.8 Å². The average molecular weight is 421 g/mol. The van der Waals surface area contributed by atoms with Gasteiger partial charge in [-0.15, -0.1) is 0 Å². The van der Waals surface area contributed by atoms with Crippen molar-refractivity contribution in [1.29, 1.82) is 0 Å². The number of aliphatic carboxylic acids is 2. The Labute approximate surface area is 167 Å². The topological polar surface area (TPSA) is 214 Å². The van der Waals surface area contributed by atoms with Crippen molar-refractivity contribution in [2.45, 2.75) is 43.8 Å². The number of carboxylic acid groups (broad SMARTS) is 2. The minimum absolute atomic E-state index is 0.0538. The molecule has 0 aromatic carbocycles. The molecule has 0 saturated heterocycles. The summed E-state index contributed by atoms with van der Waals surface area (Å²) in [6.07, 6.45) is 0.338. The van der Waals surface area contributed by atoms with Crippen LogP contribution in [-0.2, 0) is 24.0 Å². The fourth-order valence-corrected chi connectivity index (χ4v) is 2.20. The Bertz CT molecular complexity index is 575. The van der Waals surface area contributed by atoms with Crippen LogP contribution in [0.2, 0.25) is 0 Å². The highest BCUT2D eigenvalue weighted by Gasteiger charge is 2.28. The van der Waals surface area contributed by atoms with E-state index in [0.29, 0.717) is 19.4 Å². The van der Waals surface area contributed by atoms with E-state index in [1.54, 1.807) is 0 Å². The molecule has 0 spiro atoms. The Kier molecular flexibility index (Phi) is 12.6. The van der Waals surface area contributed by atoms with Gasteiger partial charge >= 0.3 is 11.9 Å². The first-order valence-corrected chi connectivity index (χ1v) is 9.14. The van der Waals surface area contributed by atoms with Crippen LogP contribution in [0.25, 0.3) is 0 Å². The number of rotatable bonds is 14. The summed E-state index contributed by atoms with van der Waals surface area (Å²) < 4.78 is 0. The molecule has 0 radical (unpaired) electrons. The Morgan fingerprint density at radius 3 is 2.11 bits per heavy atom. The maximum atomic E-state index is 12.3. The minimum Gasteiger partial charge on any atom is -0.481 e. The molecule has 0 aliphatic carbocycles. The van der Waals surface area contributed by atoms with Gasteiger partial charge in [-0.3, -0.25) is 19.2 Å². The first-order valence-electron chi connectivity index (χ1n) is 8.50. The van der Waals surface area contributed by atoms with Crippen LogP contribution in [-0.4, -0.2) is 76.8 Å². The summed E-state index contributed by atoms with van der Waals surface area (Å²) in [5.74, 6) is -5.06. The molecule has 3 unspecified atom stereocenters. The molecule has 9 N–H and O–H groups in total. The molecule has 160 valence electrons. The molecular weight excluding hydrogens is 394 g/mol. The van der Waals surface area contributed by atoms with E-state index in [2.05, 4.69) is 28.6 Å². The van der Waals surface area contributed by atoms with Gasteiger partial charge in [0.25, 0.3) is 0 Å².